The van der Waals surface area contributed by atoms with Crippen LogP contribution in [0, 0.1) is 17.8 Å². The fourth-order valence-corrected chi connectivity index (χ4v) is 5.67. The molecule has 0 heterocycles. The molecule has 1 nitrogen and oxygen atoms in total. The van der Waals surface area contributed by atoms with Crippen molar-refractivity contribution in [3.63, 3.8) is 0 Å². The van der Waals surface area contributed by atoms with Crippen LogP contribution in [0.25, 0.3) is 0 Å². The quantitative estimate of drug-likeness (QED) is 0.226. The zero-order valence-electron chi connectivity index (χ0n) is 20.5. The lowest BCUT2D eigenvalue weighted by Gasteiger charge is -2.30. The second-order valence-corrected chi connectivity index (χ2v) is 10.5. The van der Waals surface area contributed by atoms with E-state index in [-0.39, 0.29) is 0 Å². The largest absolute Gasteiger partial charge is 0.494 e. The van der Waals surface area contributed by atoms with Crippen molar-refractivity contribution < 1.29 is 4.74 Å². The van der Waals surface area contributed by atoms with Gasteiger partial charge in [0.2, 0.25) is 0 Å². The number of allylic oxidation sites excluding steroid dienone is 2. The van der Waals surface area contributed by atoms with E-state index < -0.39 is 0 Å². The molecule has 0 bridgehead atoms. The van der Waals surface area contributed by atoms with E-state index in [2.05, 4.69) is 44.2 Å². The number of hydrogen-bond acceptors (Lipinski definition) is 1. The summed E-state index contributed by atoms with van der Waals surface area (Å²) in [7, 11) is 0. The van der Waals surface area contributed by atoms with Crippen LogP contribution < -0.4 is 4.74 Å². The first kappa shape index (κ1) is 24.4. The Morgan fingerprint density at radius 2 is 1.45 bits per heavy atom. The molecule has 174 valence electrons. The summed E-state index contributed by atoms with van der Waals surface area (Å²) >= 11 is 0. The predicted molar refractivity (Wildman–Crippen MR) is 135 cm³/mol. The number of rotatable bonds is 13. The van der Waals surface area contributed by atoms with E-state index in [1.165, 1.54) is 102 Å². The van der Waals surface area contributed by atoms with Crippen LogP contribution >= 0.6 is 0 Å². The van der Waals surface area contributed by atoms with Crippen LogP contribution in [0.2, 0.25) is 0 Å². The molecule has 1 unspecified atom stereocenters. The Labute approximate surface area is 193 Å². The first-order valence-electron chi connectivity index (χ1n) is 13.7. The Hall–Kier alpha value is -1.24. The molecule has 0 saturated heterocycles. The van der Waals surface area contributed by atoms with Gasteiger partial charge in [-0.25, -0.2) is 0 Å². The third-order valence-electron chi connectivity index (χ3n) is 7.91. The molecule has 1 saturated carbocycles. The van der Waals surface area contributed by atoms with Gasteiger partial charge in [0.25, 0.3) is 0 Å². The lowest BCUT2D eigenvalue weighted by Crippen LogP contribution is -2.16. The molecular weight excluding hydrogens is 376 g/mol. The summed E-state index contributed by atoms with van der Waals surface area (Å²) in [6.45, 7) is 5.29. The molecule has 3 rings (SSSR count). The van der Waals surface area contributed by atoms with Crippen molar-refractivity contribution in [3.05, 3.63) is 41.5 Å². The van der Waals surface area contributed by atoms with Gasteiger partial charge in [0, 0.05) is 0 Å². The van der Waals surface area contributed by atoms with Crippen LogP contribution in [0.3, 0.4) is 0 Å². The van der Waals surface area contributed by atoms with Crippen molar-refractivity contribution in [1.82, 2.24) is 0 Å². The Balaban J connectivity index is 1.28. The van der Waals surface area contributed by atoms with Crippen LogP contribution in [0.5, 0.6) is 5.75 Å². The fraction of sp³-hybridized carbons (Fsp3) is 0.733. The topological polar surface area (TPSA) is 9.23 Å². The lowest BCUT2D eigenvalue weighted by atomic mass is 9.76. The van der Waals surface area contributed by atoms with Gasteiger partial charge in [-0.1, -0.05) is 95.4 Å². The van der Waals surface area contributed by atoms with E-state index in [1.54, 1.807) is 5.57 Å². The van der Waals surface area contributed by atoms with Crippen molar-refractivity contribution >= 4 is 0 Å². The maximum atomic E-state index is 5.70. The highest BCUT2D eigenvalue weighted by atomic mass is 16.5. The van der Waals surface area contributed by atoms with Crippen molar-refractivity contribution in [2.45, 2.75) is 117 Å². The molecule has 0 radical (unpaired) electrons. The van der Waals surface area contributed by atoms with Gasteiger partial charge < -0.3 is 4.74 Å². The highest BCUT2D eigenvalue weighted by Gasteiger charge is 2.22. The molecular formula is C30H48O. The molecule has 0 amide bonds. The first-order chi connectivity index (χ1) is 15.3. The van der Waals surface area contributed by atoms with Crippen molar-refractivity contribution in [1.29, 1.82) is 0 Å². The minimum atomic E-state index is 0.813. The van der Waals surface area contributed by atoms with Crippen molar-refractivity contribution in [2.75, 3.05) is 6.61 Å². The molecule has 1 aromatic rings. The van der Waals surface area contributed by atoms with E-state index in [4.69, 9.17) is 4.74 Å². The van der Waals surface area contributed by atoms with E-state index in [1.807, 2.05) is 0 Å². The van der Waals surface area contributed by atoms with Crippen molar-refractivity contribution in [3.8, 4) is 5.75 Å². The summed E-state index contributed by atoms with van der Waals surface area (Å²) in [6.07, 6.45) is 25.0. The van der Waals surface area contributed by atoms with Gasteiger partial charge >= 0.3 is 0 Å². The molecule has 2 aliphatic rings. The molecule has 31 heavy (non-hydrogen) atoms. The summed E-state index contributed by atoms with van der Waals surface area (Å²) in [6, 6.07) is 8.76. The zero-order chi connectivity index (χ0) is 21.7. The van der Waals surface area contributed by atoms with Gasteiger partial charge in [-0.05, 0) is 80.4 Å². The van der Waals surface area contributed by atoms with E-state index in [9.17, 15) is 0 Å². The minimum absolute atomic E-state index is 0.813. The molecule has 0 spiro atoms. The monoisotopic (exact) mass is 424 g/mol. The summed E-state index contributed by atoms with van der Waals surface area (Å²) in [5.41, 5.74) is 3.15. The summed E-state index contributed by atoms with van der Waals surface area (Å²) < 4.78 is 5.70. The SMILES string of the molecule is CCCCCC1CCC(CCC2CC=C(CCc3ccc(OCCC)cc3)CC2)CC1. The van der Waals surface area contributed by atoms with E-state index in [0.717, 1.165) is 36.5 Å². The third-order valence-corrected chi connectivity index (χ3v) is 7.91. The van der Waals surface area contributed by atoms with Gasteiger partial charge in [0.15, 0.2) is 0 Å². The predicted octanol–water partition coefficient (Wildman–Crippen LogP) is 9.30. The van der Waals surface area contributed by atoms with Gasteiger partial charge in [-0.3, -0.25) is 0 Å². The van der Waals surface area contributed by atoms with Gasteiger partial charge in [0.1, 0.15) is 5.75 Å². The molecule has 1 aromatic carbocycles. The molecule has 1 heteroatoms. The van der Waals surface area contributed by atoms with Gasteiger partial charge in [0.05, 0.1) is 6.61 Å². The van der Waals surface area contributed by atoms with Gasteiger partial charge in [-0.2, -0.15) is 0 Å². The normalized spacial score (nSPS) is 24.1. The smallest absolute Gasteiger partial charge is 0.119 e. The Morgan fingerprint density at radius 1 is 0.742 bits per heavy atom. The number of aryl methyl sites for hydroxylation is 1. The second-order valence-electron chi connectivity index (χ2n) is 10.5. The second kappa shape index (κ2) is 14.0. The van der Waals surface area contributed by atoms with Crippen LogP contribution in [0.4, 0.5) is 0 Å². The molecule has 1 atom stereocenters. The summed E-state index contributed by atoms with van der Waals surface area (Å²) in [4.78, 5) is 0. The molecule has 0 aliphatic heterocycles. The maximum Gasteiger partial charge on any atom is 0.119 e. The number of ether oxygens (including phenoxy) is 1. The average molecular weight is 425 g/mol. The van der Waals surface area contributed by atoms with Crippen LogP contribution in [0.15, 0.2) is 35.9 Å². The van der Waals surface area contributed by atoms with Gasteiger partial charge in [-0.15, -0.1) is 0 Å². The maximum absolute atomic E-state index is 5.70. The number of unbranched alkanes of at least 4 members (excludes halogenated alkanes) is 2. The van der Waals surface area contributed by atoms with E-state index in [0.29, 0.717) is 0 Å². The first-order valence-corrected chi connectivity index (χ1v) is 13.7. The fourth-order valence-electron chi connectivity index (χ4n) is 5.67. The summed E-state index contributed by atoms with van der Waals surface area (Å²) in [5.74, 6) is 4.07. The van der Waals surface area contributed by atoms with Crippen molar-refractivity contribution in [2.24, 2.45) is 17.8 Å². The van der Waals surface area contributed by atoms with Crippen LogP contribution in [-0.4, -0.2) is 6.61 Å². The Bertz CT molecular complexity index is 620. The average Bonchev–Trinajstić information content (AvgIpc) is 2.82. The van der Waals surface area contributed by atoms with Crippen LogP contribution in [0.1, 0.15) is 116 Å². The molecule has 2 aliphatic carbocycles. The highest BCUT2D eigenvalue weighted by molar-refractivity contribution is 5.28. The molecule has 0 aromatic heterocycles. The molecule has 1 fully saturated rings. The summed E-state index contributed by atoms with van der Waals surface area (Å²) in [5, 5.41) is 0. The number of hydrogen-bond donors (Lipinski definition) is 0. The standard InChI is InChI=1S/C30H48O/c1-3-5-6-7-25-8-10-26(11-9-25)12-13-27-14-16-28(17-15-27)18-19-29-20-22-30(23-21-29)31-24-4-2/h16,20-23,25-27H,3-15,17-19,24H2,1-2H3. The lowest BCUT2D eigenvalue weighted by molar-refractivity contribution is 0.234. The Kier molecular flexibility index (Phi) is 11.0. The third kappa shape index (κ3) is 9.03. The highest BCUT2D eigenvalue weighted by Crippen LogP contribution is 2.37. The Morgan fingerprint density at radius 3 is 2.10 bits per heavy atom. The van der Waals surface area contributed by atoms with E-state index >= 15 is 0 Å². The minimum Gasteiger partial charge on any atom is -0.494 e. The molecule has 0 N–H and O–H groups in total. The number of benzene rings is 1. The van der Waals surface area contributed by atoms with Crippen LogP contribution in [-0.2, 0) is 6.42 Å². The zero-order valence-corrected chi connectivity index (χ0v) is 20.5.